The molecule has 3 N–H and O–H groups in total. The average Bonchev–Trinajstić information content (AvgIpc) is 2.75. The molecule has 0 saturated carbocycles. The summed E-state index contributed by atoms with van der Waals surface area (Å²) >= 11 is 0. The molecule has 0 bridgehead atoms. The van der Waals surface area contributed by atoms with E-state index in [4.69, 9.17) is 5.73 Å². The summed E-state index contributed by atoms with van der Waals surface area (Å²) in [4.78, 5) is 41.1. The third-order valence-corrected chi connectivity index (χ3v) is 5.98. The molecule has 176 valence electrons. The molecule has 6 heteroatoms. The van der Waals surface area contributed by atoms with E-state index in [1.54, 1.807) is 18.7 Å². The maximum absolute atomic E-state index is 13.5. The first-order chi connectivity index (χ1) is 15.6. The summed E-state index contributed by atoms with van der Waals surface area (Å²) in [7, 11) is 0. The molecule has 1 aliphatic heterocycles. The standard InChI is InChI=1S/C27H35N3O3/c1-18(2)14-22(29-26(33)27(3,4)28)24(31)16-21-15-20-12-8-9-13-23(20)30(25(21)32)17-19-10-6-5-7-11-19/h5-13,18,21-22H,14-17,28H2,1-4H3,(H,29,33)/t21?,22-/m1/s1. The smallest absolute Gasteiger partial charge is 0.240 e. The first-order valence-electron chi connectivity index (χ1n) is 11.6. The molecule has 0 aromatic heterocycles. The van der Waals surface area contributed by atoms with Gasteiger partial charge in [-0.2, -0.15) is 0 Å². The van der Waals surface area contributed by atoms with Crippen LogP contribution in [0.3, 0.4) is 0 Å². The van der Waals surface area contributed by atoms with Gasteiger partial charge < -0.3 is 16.0 Å². The van der Waals surface area contributed by atoms with Crippen LogP contribution in [0.15, 0.2) is 54.6 Å². The first kappa shape index (κ1) is 24.6. The fraction of sp³-hybridized carbons (Fsp3) is 0.444. The largest absolute Gasteiger partial charge is 0.345 e. The average molecular weight is 450 g/mol. The number of carbonyl (C=O) groups is 3. The van der Waals surface area contributed by atoms with Crippen LogP contribution in [0.1, 0.15) is 51.7 Å². The van der Waals surface area contributed by atoms with Crippen LogP contribution in [0.4, 0.5) is 5.69 Å². The van der Waals surface area contributed by atoms with Crippen LogP contribution in [-0.2, 0) is 27.3 Å². The van der Waals surface area contributed by atoms with Crippen molar-refractivity contribution in [1.29, 1.82) is 0 Å². The summed E-state index contributed by atoms with van der Waals surface area (Å²) in [5.41, 5.74) is 7.82. The maximum atomic E-state index is 13.5. The third kappa shape index (κ3) is 6.29. The van der Waals surface area contributed by atoms with E-state index in [1.165, 1.54) is 0 Å². The molecule has 1 heterocycles. The van der Waals surface area contributed by atoms with E-state index in [0.29, 0.717) is 19.4 Å². The molecule has 0 fully saturated rings. The van der Waals surface area contributed by atoms with Crippen LogP contribution >= 0.6 is 0 Å². The Morgan fingerprint density at radius 1 is 1.09 bits per heavy atom. The van der Waals surface area contributed by atoms with Crippen molar-refractivity contribution in [2.75, 3.05) is 4.90 Å². The zero-order valence-electron chi connectivity index (χ0n) is 20.0. The Labute approximate surface area is 196 Å². The lowest BCUT2D eigenvalue weighted by Crippen LogP contribution is -2.54. The number of amides is 2. The highest BCUT2D eigenvalue weighted by atomic mass is 16.2. The predicted octanol–water partition coefficient (Wildman–Crippen LogP) is 3.62. The van der Waals surface area contributed by atoms with Crippen LogP contribution < -0.4 is 16.0 Å². The quantitative estimate of drug-likeness (QED) is 0.612. The topological polar surface area (TPSA) is 92.5 Å². The highest BCUT2D eigenvalue weighted by Gasteiger charge is 2.36. The molecule has 0 spiro atoms. The highest BCUT2D eigenvalue weighted by molar-refractivity contribution is 6.01. The van der Waals surface area contributed by atoms with Crippen molar-refractivity contribution in [3.63, 3.8) is 0 Å². The molecular weight excluding hydrogens is 414 g/mol. The number of anilines is 1. The van der Waals surface area contributed by atoms with Gasteiger partial charge in [0.1, 0.15) is 0 Å². The van der Waals surface area contributed by atoms with Gasteiger partial charge >= 0.3 is 0 Å². The number of hydrogen-bond acceptors (Lipinski definition) is 4. The van der Waals surface area contributed by atoms with Gasteiger partial charge in [-0.3, -0.25) is 14.4 Å². The minimum atomic E-state index is -1.08. The molecule has 0 radical (unpaired) electrons. The van der Waals surface area contributed by atoms with Crippen LogP contribution in [0.25, 0.3) is 0 Å². The van der Waals surface area contributed by atoms with Gasteiger partial charge in [0.05, 0.1) is 18.1 Å². The number of rotatable bonds is 9. The molecule has 2 aromatic rings. The van der Waals surface area contributed by atoms with Gasteiger partial charge in [-0.05, 0) is 49.8 Å². The number of benzene rings is 2. The Hall–Kier alpha value is -2.99. The second-order valence-electron chi connectivity index (χ2n) is 9.99. The van der Waals surface area contributed by atoms with Crippen molar-refractivity contribution in [3.05, 3.63) is 65.7 Å². The number of nitrogens with zero attached hydrogens (tertiary/aromatic N) is 1. The number of nitrogens with two attached hydrogens (primary N) is 1. The Morgan fingerprint density at radius 2 is 1.73 bits per heavy atom. The summed E-state index contributed by atoms with van der Waals surface area (Å²) in [6.45, 7) is 7.69. The van der Waals surface area contributed by atoms with E-state index >= 15 is 0 Å². The monoisotopic (exact) mass is 449 g/mol. The number of fused-ring (bicyclic) bond motifs is 1. The zero-order valence-corrected chi connectivity index (χ0v) is 20.0. The molecule has 2 amide bonds. The van der Waals surface area contributed by atoms with E-state index in [9.17, 15) is 14.4 Å². The first-order valence-corrected chi connectivity index (χ1v) is 11.6. The van der Waals surface area contributed by atoms with E-state index in [0.717, 1.165) is 16.8 Å². The van der Waals surface area contributed by atoms with Gasteiger partial charge in [0.2, 0.25) is 11.8 Å². The van der Waals surface area contributed by atoms with Crippen molar-refractivity contribution in [1.82, 2.24) is 5.32 Å². The fourth-order valence-corrected chi connectivity index (χ4v) is 4.20. The summed E-state index contributed by atoms with van der Waals surface area (Å²) in [6, 6.07) is 17.0. The summed E-state index contributed by atoms with van der Waals surface area (Å²) in [5, 5.41) is 2.82. The van der Waals surface area contributed by atoms with E-state index < -0.39 is 17.5 Å². The summed E-state index contributed by atoms with van der Waals surface area (Å²) < 4.78 is 0. The lowest BCUT2D eigenvalue weighted by atomic mass is 9.85. The van der Waals surface area contributed by atoms with Crippen molar-refractivity contribution >= 4 is 23.3 Å². The van der Waals surface area contributed by atoms with Crippen molar-refractivity contribution in [3.8, 4) is 0 Å². The number of hydrogen-bond donors (Lipinski definition) is 2. The number of para-hydroxylation sites is 1. The molecule has 0 aliphatic carbocycles. The van der Waals surface area contributed by atoms with E-state index in [1.807, 2.05) is 68.4 Å². The Bertz CT molecular complexity index is 995. The SMILES string of the molecule is CC(C)C[C@@H](NC(=O)C(C)(C)N)C(=O)CC1Cc2ccccc2N(Cc2ccccc2)C1=O. The van der Waals surface area contributed by atoms with Crippen LogP contribution in [-0.4, -0.2) is 29.2 Å². The number of carbonyl (C=O) groups excluding carboxylic acids is 3. The lowest BCUT2D eigenvalue weighted by Gasteiger charge is -2.35. The molecule has 6 nitrogen and oxygen atoms in total. The Morgan fingerprint density at radius 3 is 2.36 bits per heavy atom. The molecule has 0 saturated heterocycles. The molecule has 2 aromatic carbocycles. The lowest BCUT2D eigenvalue weighted by molar-refractivity contribution is -0.132. The van der Waals surface area contributed by atoms with Crippen LogP contribution in [0.5, 0.6) is 0 Å². The van der Waals surface area contributed by atoms with Crippen molar-refractivity contribution in [2.24, 2.45) is 17.6 Å². The number of Topliss-reactive ketones (excluding diaryl/α,β-unsaturated/α-hetero) is 1. The van der Waals surface area contributed by atoms with Gasteiger partial charge in [-0.1, -0.05) is 62.4 Å². The number of nitrogens with one attached hydrogen (secondary N) is 1. The van der Waals surface area contributed by atoms with Gasteiger partial charge in [0.25, 0.3) is 0 Å². The van der Waals surface area contributed by atoms with E-state index in [2.05, 4.69) is 5.32 Å². The Kier molecular flexibility index (Phi) is 7.69. The third-order valence-electron chi connectivity index (χ3n) is 5.98. The second kappa shape index (κ2) is 10.3. The van der Waals surface area contributed by atoms with Gasteiger partial charge in [0, 0.05) is 18.0 Å². The Balaban J connectivity index is 1.82. The van der Waals surface area contributed by atoms with Gasteiger partial charge in [-0.15, -0.1) is 0 Å². The van der Waals surface area contributed by atoms with Crippen LogP contribution in [0, 0.1) is 11.8 Å². The normalized spacial score (nSPS) is 17.0. The molecule has 1 aliphatic rings. The molecule has 1 unspecified atom stereocenters. The molecule has 33 heavy (non-hydrogen) atoms. The summed E-state index contributed by atoms with van der Waals surface area (Å²) in [5.74, 6) is -0.808. The van der Waals surface area contributed by atoms with Gasteiger partial charge in [0.15, 0.2) is 5.78 Å². The van der Waals surface area contributed by atoms with E-state index in [-0.39, 0.29) is 29.9 Å². The summed E-state index contributed by atoms with van der Waals surface area (Å²) in [6.07, 6.45) is 1.10. The molecule has 3 rings (SSSR count). The number of ketones is 1. The minimum absolute atomic E-state index is 0.0559. The van der Waals surface area contributed by atoms with Crippen molar-refractivity contribution in [2.45, 2.75) is 65.1 Å². The fourth-order valence-electron chi connectivity index (χ4n) is 4.20. The maximum Gasteiger partial charge on any atom is 0.240 e. The zero-order chi connectivity index (χ0) is 24.2. The van der Waals surface area contributed by atoms with Crippen LogP contribution in [0.2, 0.25) is 0 Å². The molecule has 2 atom stereocenters. The highest BCUT2D eigenvalue weighted by Crippen LogP contribution is 2.33. The van der Waals surface area contributed by atoms with Gasteiger partial charge in [-0.25, -0.2) is 0 Å². The minimum Gasteiger partial charge on any atom is -0.345 e. The predicted molar refractivity (Wildman–Crippen MR) is 131 cm³/mol. The molecular formula is C27H35N3O3. The van der Waals surface area contributed by atoms with Crippen molar-refractivity contribution < 1.29 is 14.4 Å². The second-order valence-corrected chi connectivity index (χ2v) is 9.99.